The summed E-state index contributed by atoms with van der Waals surface area (Å²) in [5, 5.41) is 5.27. The van der Waals surface area contributed by atoms with Crippen LogP contribution in [0.4, 0.5) is 5.13 Å². The Bertz CT molecular complexity index is 695. The predicted molar refractivity (Wildman–Crippen MR) is 88.3 cm³/mol. The number of hydrogen-bond acceptors (Lipinski definition) is 6. The highest BCUT2D eigenvalue weighted by atomic mass is 32.1. The number of hydrogen-bond donors (Lipinski definition) is 1. The van der Waals surface area contributed by atoms with E-state index in [9.17, 15) is 4.79 Å². The highest BCUT2D eigenvalue weighted by Gasteiger charge is 2.24. The highest BCUT2D eigenvalue weighted by molar-refractivity contribution is 7.14. The molecule has 0 bridgehead atoms. The topological polar surface area (TPSA) is 69.7 Å². The van der Waals surface area contributed by atoms with Gasteiger partial charge in [-0.3, -0.25) is 10.1 Å². The van der Waals surface area contributed by atoms with Crippen molar-refractivity contribution in [1.82, 2.24) is 4.98 Å². The molecule has 0 saturated carbocycles. The molecule has 1 aromatic heterocycles. The lowest BCUT2D eigenvalue weighted by molar-refractivity contribution is -0.124. The molecule has 1 aliphatic rings. The van der Waals surface area contributed by atoms with Crippen molar-refractivity contribution in [3.63, 3.8) is 0 Å². The van der Waals surface area contributed by atoms with Crippen molar-refractivity contribution in [2.75, 3.05) is 26.1 Å². The molecule has 1 atom stereocenters. The number of rotatable bonds is 5. The SMILES string of the molecule is COc1ccc(-c2csc(NC(=O)[C@H]3CCCO3)n2)cc1OC. The van der Waals surface area contributed by atoms with Gasteiger partial charge in [0.15, 0.2) is 16.6 Å². The van der Waals surface area contributed by atoms with Gasteiger partial charge in [0.1, 0.15) is 6.10 Å². The van der Waals surface area contributed by atoms with E-state index in [2.05, 4.69) is 10.3 Å². The number of carbonyl (C=O) groups is 1. The van der Waals surface area contributed by atoms with E-state index >= 15 is 0 Å². The molecule has 0 aliphatic carbocycles. The number of aromatic nitrogens is 1. The maximum Gasteiger partial charge on any atom is 0.255 e. The van der Waals surface area contributed by atoms with Crippen LogP contribution in [0.15, 0.2) is 23.6 Å². The fraction of sp³-hybridized carbons (Fsp3) is 0.375. The molecule has 0 spiro atoms. The molecule has 0 unspecified atom stereocenters. The third-order valence-electron chi connectivity index (χ3n) is 3.64. The van der Waals surface area contributed by atoms with Gasteiger partial charge in [0, 0.05) is 17.6 Å². The van der Waals surface area contributed by atoms with Crippen LogP contribution in [0.5, 0.6) is 11.5 Å². The molecule has 0 radical (unpaired) electrons. The third kappa shape index (κ3) is 3.46. The summed E-state index contributed by atoms with van der Waals surface area (Å²) in [6.07, 6.45) is 1.33. The molecule has 1 amide bonds. The number of anilines is 1. The fourth-order valence-electron chi connectivity index (χ4n) is 2.43. The lowest BCUT2D eigenvalue weighted by Gasteiger charge is -2.08. The first-order chi connectivity index (χ1) is 11.2. The number of methoxy groups -OCH3 is 2. The van der Waals surface area contributed by atoms with Crippen LogP contribution in [0.3, 0.4) is 0 Å². The Balaban J connectivity index is 1.75. The van der Waals surface area contributed by atoms with Gasteiger partial charge >= 0.3 is 0 Å². The average molecular weight is 334 g/mol. The smallest absolute Gasteiger partial charge is 0.255 e. The standard InChI is InChI=1S/C16H18N2O4S/c1-20-12-6-5-10(8-14(12)21-2)11-9-23-16(17-11)18-15(19)13-4-3-7-22-13/h5-6,8-9,13H,3-4,7H2,1-2H3,(H,17,18,19)/t13-/m1/s1. The van der Waals surface area contributed by atoms with E-state index in [-0.39, 0.29) is 12.0 Å². The van der Waals surface area contributed by atoms with Crippen LogP contribution in [0.1, 0.15) is 12.8 Å². The third-order valence-corrected chi connectivity index (χ3v) is 4.39. The lowest BCUT2D eigenvalue weighted by Crippen LogP contribution is -2.26. The molecule has 2 aromatic rings. The molecule has 1 aromatic carbocycles. The molecule has 1 saturated heterocycles. The number of thiazole rings is 1. The molecule has 2 heterocycles. The molecule has 1 aliphatic heterocycles. The Hall–Kier alpha value is -2.12. The van der Waals surface area contributed by atoms with Crippen LogP contribution in [-0.4, -0.2) is 37.8 Å². The second-order valence-corrected chi connectivity index (χ2v) is 5.96. The van der Waals surface area contributed by atoms with Crippen molar-refractivity contribution in [3.8, 4) is 22.8 Å². The molecule has 23 heavy (non-hydrogen) atoms. The summed E-state index contributed by atoms with van der Waals surface area (Å²) < 4.78 is 15.9. The number of benzene rings is 1. The van der Waals surface area contributed by atoms with Gasteiger partial charge < -0.3 is 14.2 Å². The minimum absolute atomic E-state index is 0.129. The van der Waals surface area contributed by atoms with Gasteiger partial charge in [-0.1, -0.05) is 0 Å². The van der Waals surface area contributed by atoms with Gasteiger partial charge in [-0.2, -0.15) is 0 Å². The Morgan fingerprint density at radius 2 is 2.17 bits per heavy atom. The number of carbonyl (C=O) groups excluding carboxylic acids is 1. The van der Waals surface area contributed by atoms with Crippen molar-refractivity contribution in [3.05, 3.63) is 23.6 Å². The zero-order valence-electron chi connectivity index (χ0n) is 13.0. The number of nitrogens with one attached hydrogen (secondary N) is 1. The highest BCUT2D eigenvalue weighted by Crippen LogP contribution is 2.33. The first-order valence-electron chi connectivity index (χ1n) is 7.31. The second-order valence-electron chi connectivity index (χ2n) is 5.10. The monoisotopic (exact) mass is 334 g/mol. The maximum atomic E-state index is 12.0. The van der Waals surface area contributed by atoms with Crippen LogP contribution in [0.2, 0.25) is 0 Å². The number of nitrogens with zero attached hydrogens (tertiary/aromatic N) is 1. The molecule has 7 heteroatoms. The molecule has 122 valence electrons. The lowest BCUT2D eigenvalue weighted by atomic mass is 10.1. The van der Waals surface area contributed by atoms with E-state index in [1.54, 1.807) is 14.2 Å². The molecule has 1 N–H and O–H groups in total. The minimum Gasteiger partial charge on any atom is -0.493 e. The molecular weight excluding hydrogens is 316 g/mol. The quantitative estimate of drug-likeness (QED) is 0.910. The Morgan fingerprint density at radius 1 is 1.35 bits per heavy atom. The molecule has 1 fully saturated rings. The first-order valence-corrected chi connectivity index (χ1v) is 8.19. The van der Waals surface area contributed by atoms with E-state index in [4.69, 9.17) is 14.2 Å². The van der Waals surface area contributed by atoms with E-state index in [0.29, 0.717) is 23.2 Å². The van der Waals surface area contributed by atoms with Crippen molar-refractivity contribution in [2.45, 2.75) is 18.9 Å². The van der Waals surface area contributed by atoms with Crippen molar-refractivity contribution in [2.24, 2.45) is 0 Å². The van der Waals surface area contributed by atoms with Gasteiger partial charge in [-0.15, -0.1) is 11.3 Å². The van der Waals surface area contributed by atoms with Gasteiger partial charge in [-0.25, -0.2) is 4.98 Å². The summed E-state index contributed by atoms with van der Waals surface area (Å²) in [6, 6.07) is 5.60. The van der Waals surface area contributed by atoms with Gasteiger partial charge in [0.2, 0.25) is 0 Å². The first kappa shape index (κ1) is 15.8. The molecular formula is C16H18N2O4S. The zero-order valence-corrected chi connectivity index (χ0v) is 13.8. The van der Waals surface area contributed by atoms with Crippen LogP contribution < -0.4 is 14.8 Å². The zero-order chi connectivity index (χ0) is 16.2. The van der Waals surface area contributed by atoms with Crippen molar-refractivity contribution >= 4 is 22.4 Å². The summed E-state index contributed by atoms with van der Waals surface area (Å²) in [6.45, 7) is 0.646. The largest absolute Gasteiger partial charge is 0.493 e. The predicted octanol–water partition coefficient (Wildman–Crippen LogP) is 2.94. The molecule has 3 rings (SSSR count). The molecule has 6 nitrogen and oxygen atoms in total. The number of ether oxygens (including phenoxy) is 3. The van der Waals surface area contributed by atoms with Crippen LogP contribution in [-0.2, 0) is 9.53 Å². The van der Waals surface area contributed by atoms with Crippen LogP contribution in [0, 0.1) is 0 Å². The normalized spacial score (nSPS) is 17.0. The second kappa shape index (κ2) is 6.97. The summed E-state index contributed by atoms with van der Waals surface area (Å²) in [7, 11) is 3.19. The van der Waals surface area contributed by atoms with E-state index in [1.165, 1.54) is 11.3 Å². The van der Waals surface area contributed by atoms with Crippen LogP contribution >= 0.6 is 11.3 Å². The van der Waals surface area contributed by atoms with E-state index < -0.39 is 0 Å². The van der Waals surface area contributed by atoms with E-state index in [0.717, 1.165) is 24.1 Å². The van der Waals surface area contributed by atoms with Crippen LogP contribution in [0.25, 0.3) is 11.3 Å². The fourth-order valence-corrected chi connectivity index (χ4v) is 3.15. The minimum atomic E-state index is -0.358. The summed E-state index contributed by atoms with van der Waals surface area (Å²) in [5.74, 6) is 1.18. The van der Waals surface area contributed by atoms with Crippen molar-refractivity contribution in [1.29, 1.82) is 0 Å². The Morgan fingerprint density at radius 3 is 2.87 bits per heavy atom. The van der Waals surface area contributed by atoms with Gasteiger partial charge in [-0.05, 0) is 31.0 Å². The van der Waals surface area contributed by atoms with Crippen molar-refractivity contribution < 1.29 is 19.0 Å². The Labute approximate surface area is 138 Å². The number of amides is 1. The van der Waals surface area contributed by atoms with Gasteiger partial charge in [0.25, 0.3) is 5.91 Å². The van der Waals surface area contributed by atoms with Gasteiger partial charge in [0.05, 0.1) is 19.9 Å². The maximum absolute atomic E-state index is 12.0. The average Bonchev–Trinajstić information content (AvgIpc) is 3.25. The summed E-state index contributed by atoms with van der Waals surface area (Å²) in [4.78, 5) is 16.5. The summed E-state index contributed by atoms with van der Waals surface area (Å²) >= 11 is 1.38. The van der Waals surface area contributed by atoms with E-state index in [1.807, 2.05) is 23.6 Å². The Kier molecular flexibility index (Phi) is 4.78. The summed E-state index contributed by atoms with van der Waals surface area (Å²) in [5.41, 5.74) is 1.68.